The Morgan fingerprint density at radius 2 is 2.36 bits per heavy atom. The van der Waals surface area contributed by atoms with Crippen LogP contribution in [0, 0.1) is 0 Å². The number of hydrogen-bond donors (Lipinski definition) is 2. The molecule has 0 aliphatic heterocycles. The Morgan fingerprint density at radius 1 is 1.50 bits per heavy atom. The van der Waals surface area contributed by atoms with E-state index in [9.17, 15) is 4.79 Å². The Labute approximate surface area is 78.8 Å². The lowest BCUT2D eigenvalue weighted by atomic mass is 10.3. The molecule has 3 N–H and O–H groups in total. The lowest BCUT2D eigenvalue weighted by Gasteiger charge is -1.91. The summed E-state index contributed by atoms with van der Waals surface area (Å²) < 4.78 is 5.17. The fourth-order valence-electron chi connectivity index (χ4n) is 1.03. The van der Waals surface area contributed by atoms with Gasteiger partial charge in [-0.2, -0.15) is 0 Å². The molecule has 6 heteroatoms. The van der Waals surface area contributed by atoms with Gasteiger partial charge in [-0.1, -0.05) is 0 Å². The summed E-state index contributed by atoms with van der Waals surface area (Å²) in [6, 6.07) is 3.06. The summed E-state index contributed by atoms with van der Waals surface area (Å²) in [5.74, 6) is 0.650. The monoisotopic (exact) mass is 192 g/mol. The molecule has 0 bridgehead atoms. The van der Waals surface area contributed by atoms with Crippen molar-refractivity contribution in [2.24, 2.45) is 5.73 Å². The number of pyridine rings is 1. The van der Waals surface area contributed by atoms with E-state index in [-0.39, 0.29) is 12.1 Å². The van der Waals surface area contributed by atoms with Gasteiger partial charge in [-0.3, -0.25) is 4.79 Å². The largest absolute Gasteiger partial charge is 0.419 e. The van der Waals surface area contributed by atoms with E-state index in [1.807, 2.05) is 0 Å². The predicted octanol–water partition coefficient (Wildman–Crippen LogP) is -0.116. The molecule has 0 aliphatic carbocycles. The van der Waals surface area contributed by atoms with Crippen molar-refractivity contribution in [2.75, 3.05) is 0 Å². The van der Waals surface area contributed by atoms with Crippen LogP contribution in [0.3, 0.4) is 0 Å². The van der Waals surface area contributed by atoms with Crippen molar-refractivity contribution >= 4 is 0 Å². The summed E-state index contributed by atoms with van der Waals surface area (Å²) >= 11 is 0. The van der Waals surface area contributed by atoms with Crippen LogP contribution in [0.5, 0.6) is 0 Å². The van der Waals surface area contributed by atoms with Crippen LogP contribution in [-0.2, 0) is 6.54 Å². The zero-order valence-electron chi connectivity index (χ0n) is 7.23. The second-order valence-corrected chi connectivity index (χ2v) is 2.65. The van der Waals surface area contributed by atoms with Crippen molar-refractivity contribution < 1.29 is 4.42 Å². The summed E-state index contributed by atoms with van der Waals surface area (Å²) in [6.45, 7) is 0.191. The minimum atomic E-state index is -0.213. The maximum atomic E-state index is 11.0. The summed E-state index contributed by atoms with van der Waals surface area (Å²) in [5, 5.41) is 7.44. The van der Waals surface area contributed by atoms with Crippen molar-refractivity contribution in [1.29, 1.82) is 0 Å². The molecule has 2 rings (SSSR count). The van der Waals surface area contributed by atoms with E-state index in [0.29, 0.717) is 17.3 Å². The van der Waals surface area contributed by atoms with Gasteiger partial charge in [0.15, 0.2) is 0 Å². The smallest absolute Gasteiger partial charge is 0.248 e. The first-order valence-electron chi connectivity index (χ1n) is 4.01. The molecule has 6 nitrogen and oxygen atoms in total. The quantitative estimate of drug-likeness (QED) is 0.691. The van der Waals surface area contributed by atoms with E-state index in [2.05, 4.69) is 15.2 Å². The number of aromatic amines is 1. The SMILES string of the molecule is NCc1nnc(-c2cc[nH]c(=O)c2)o1. The van der Waals surface area contributed by atoms with Crippen molar-refractivity contribution in [3.05, 3.63) is 34.6 Å². The average molecular weight is 192 g/mol. The fraction of sp³-hybridized carbons (Fsp3) is 0.125. The van der Waals surface area contributed by atoms with Gasteiger partial charge in [-0.15, -0.1) is 10.2 Å². The van der Waals surface area contributed by atoms with Crippen LogP contribution in [0.25, 0.3) is 11.5 Å². The molecule has 0 aliphatic rings. The Bertz CT molecular complexity index is 488. The van der Waals surface area contributed by atoms with Crippen LogP contribution in [0.15, 0.2) is 27.5 Å². The van der Waals surface area contributed by atoms with Gasteiger partial charge in [0.2, 0.25) is 17.3 Å². The molecular formula is C8H8N4O2. The number of H-pyrrole nitrogens is 1. The Hall–Kier alpha value is -1.95. The molecular weight excluding hydrogens is 184 g/mol. The van der Waals surface area contributed by atoms with Crippen molar-refractivity contribution in [3.8, 4) is 11.5 Å². The maximum Gasteiger partial charge on any atom is 0.248 e. The van der Waals surface area contributed by atoms with Gasteiger partial charge in [0.05, 0.1) is 6.54 Å². The number of nitrogens with two attached hydrogens (primary N) is 1. The minimum Gasteiger partial charge on any atom is -0.419 e. The number of hydrogen-bond acceptors (Lipinski definition) is 5. The molecule has 0 radical (unpaired) electrons. The van der Waals surface area contributed by atoms with E-state index in [1.54, 1.807) is 6.07 Å². The molecule has 2 aromatic rings. The molecule has 0 spiro atoms. The Morgan fingerprint density at radius 3 is 3.00 bits per heavy atom. The highest BCUT2D eigenvalue weighted by molar-refractivity contribution is 5.50. The summed E-state index contributed by atoms with van der Waals surface area (Å²) in [6.07, 6.45) is 1.52. The molecule has 2 heterocycles. The molecule has 0 atom stereocenters. The van der Waals surface area contributed by atoms with Crippen molar-refractivity contribution in [3.63, 3.8) is 0 Å². The highest BCUT2D eigenvalue weighted by atomic mass is 16.4. The first kappa shape index (κ1) is 8.64. The van der Waals surface area contributed by atoms with Crippen LogP contribution in [0.2, 0.25) is 0 Å². The number of nitrogens with zero attached hydrogens (tertiary/aromatic N) is 2. The number of nitrogens with one attached hydrogen (secondary N) is 1. The molecule has 0 saturated heterocycles. The molecule has 14 heavy (non-hydrogen) atoms. The van der Waals surface area contributed by atoms with Crippen LogP contribution >= 0.6 is 0 Å². The third-order valence-corrected chi connectivity index (χ3v) is 1.66. The molecule has 0 saturated carbocycles. The lowest BCUT2D eigenvalue weighted by molar-refractivity contribution is 0.508. The zero-order chi connectivity index (χ0) is 9.97. The van der Waals surface area contributed by atoms with Crippen LogP contribution in [0.4, 0.5) is 0 Å². The second kappa shape index (κ2) is 3.43. The van der Waals surface area contributed by atoms with Gasteiger partial charge in [0, 0.05) is 17.8 Å². The first-order valence-corrected chi connectivity index (χ1v) is 4.01. The average Bonchev–Trinajstić information content (AvgIpc) is 2.66. The van der Waals surface area contributed by atoms with Crippen LogP contribution in [-0.4, -0.2) is 15.2 Å². The van der Waals surface area contributed by atoms with E-state index in [1.165, 1.54) is 12.3 Å². The van der Waals surface area contributed by atoms with Gasteiger partial charge < -0.3 is 15.1 Å². The van der Waals surface area contributed by atoms with Gasteiger partial charge in [-0.25, -0.2) is 0 Å². The topological polar surface area (TPSA) is 97.8 Å². The molecule has 0 fully saturated rings. The molecule has 2 aromatic heterocycles. The molecule has 0 aromatic carbocycles. The van der Waals surface area contributed by atoms with E-state index in [0.717, 1.165) is 0 Å². The van der Waals surface area contributed by atoms with Crippen LogP contribution < -0.4 is 11.3 Å². The van der Waals surface area contributed by atoms with E-state index in [4.69, 9.17) is 10.2 Å². The zero-order valence-corrected chi connectivity index (χ0v) is 7.23. The number of aromatic nitrogens is 3. The van der Waals surface area contributed by atoms with Crippen molar-refractivity contribution in [2.45, 2.75) is 6.54 Å². The molecule has 0 unspecified atom stereocenters. The van der Waals surface area contributed by atoms with Gasteiger partial charge >= 0.3 is 0 Å². The molecule has 0 amide bonds. The highest BCUT2D eigenvalue weighted by Gasteiger charge is 2.06. The van der Waals surface area contributed by atoms with Gasteiger partial charge in [-0.05, 0) is 6.07 Å². The summed E-state index contributed by atoms with van der Waals surface area (Å²) in [5.41, 5.74) is 5.68. The third kappa shape index (κ3) is 1.55. The fourth-order valence-corrected chi connectivity index (χ4v) is 1.03. The number of rotatable bonds is 2. The summed E-state index contributed by atoms with van der Waals surface area (Å²) in [7, 11) is 0. The normalized spacial score (nSPS) is 10.4. The van der Waals surface area contributed by atoms with E-state index >= 15 is 0 Å². The maximum absolute atomic E-state index is 11.0. The Kier molecular flexibility index (Phi) is 2.11. The van der Waals surface area contributed by atoms with Crippen LogP contribution in [0.1, 0.15) is 5.89 Å². The second-order valence-electron chi connectivity index (χ2n) is 2.65. The van der Waals surface area contributed by atoms with Gasteiger partial charge in [0.25, 0.3) is 0 Å². The van der Waals surface area contributed by atoms with E-state index < -0.39 is 0 Å². The summed E-state index contributed by atoms with van der Waals surface area (Å²) in [4.78, 5) is 13.5. The minimum absolute atomic E-state index is 0.191. The predicted molar refractivity (Wildman–Crippen MR) is 48.2 cm³/mol. The lowest BCUT2D eigenvalue weighted by Crippen LogP contribution is -2.01. The third-order valence-electron chi connectivity index (χ3n) is 1.66. The standard InChI is InChI=1S/C8H8N4O2/c9-4-7-11-12-8(14-7)5-1-2-10-6(13)3-5/h1-3H,4,9H2,(H,10,13). The van der Waals surface area contributed by atoms with Gasteiger partial charge in [0.1, 0.15) is 0 Å². The molecule has 72 valence electrons. The Balaban J connectivity index is 2.44. The van der Waals surface area contributed by atoms with Crippen molar-refractivity contribution in [1.82, 2.24) is 15.2 Å². The first-order chi connectivity index (χ1) is 6.79. The highest BCUT2D eigenvalue weighted by Crippen LogP contribution is 2.14.